The molecule has 1 saturated heterocycles. The molecule has 0 aromatic rings. The highest BCUT2D eigenvalue weighted by Gasteiger charge is 2.38. The largest absolute Gasteiger partial charge is 0.370 e. The summed E-state index contributed by atoms with van der Waals surface area (Å²) < 4.78 is 5.78. The van der Waals surface area contributed by atoms with Gasteiger partial charge in [0.2, 0.25) is 0 Å². The molecule has 3 nitrogen and oxygen atoms in total. The van der Waals surface area contributed by atoms with Crippen LogP contribution in [0.1, 0.15) is 60.3 Å². The SMILES string of the molecule is CCCC(=O)COC1CC(C)(C)NC(C)(C)C1. The predicted molar refractivity (Wildman–Crippen MR) is 70.2 cm³/mol. The zero-order valence-corrected chi connectivity index (χ0v) is 11.9. The molecule has 1 N–H and O–H groups in total. The minimum atomic E-state index is 0.0836. The molecule has 0 radical (unpaired) electrons. The summed E-state index contributed by atoms with van der Waals surface area (Å²) in [4.78, 5) is 11.5. The lowest BCUT2D eigenvalue weighted by Crippen LogP contribution is -2.59. The maximum absolute atomic E-state index is 11.5. The number of Topliss-reactive ketones (excluding diaryl/α,β-unsaturated/α-hetero) is 1. The van der Waals surface area contributed by atoms with E-state index in [0.29, 0.717) is 6.42 Å². The van der Waals surface area contributed by atoms with Crippen LogP contribution >= 0.6 is 0 Å². The number of carbonyl (C=O) groups excluding carboxylic acids is 1. The van der Waals surface area contributed by atoms with Crippen LogP contribution in [0.5, 0.6) is 0 Å². The Morgan fingerprint density at radius 2 is 1.76 bits per heavy atom. The molecule has 0 aliphatic carbocycles. The molecule has 0 aromatic heterocycles. The molecule has 1 aliphatic rings. The lowest BCUT2D eigenvalue weighted by Gasteiger charge is -2.46. The Hall–Kier alpha value is -0.410. The van der Waals surface area contributed by atoms with Gasteiger partial charge in [0.05, 0.1) is 6.10 Å². The van der Waals surface area contributed by atoms with Gasteiger partial charge in [-0.05, 0) is 47.0 Å². The van der Waals surface area contributed by atoms with Crippen LogP contribution in [0.25, 0.3) is 0 Å². The molecule has 0 unspecified atom stereocenters. The first-order valence-corrected chi connectivity index (χ1v) is 6.67. The van der Waals surface area contributed by atoms with E-state index in [1.807, 2.05) is 6.92 Å². The van der Waals surface area contributed by atoms with Gasteiger partial charge in [-0.25, -0.2) is 0 Å². The number of ether oxygens (including phenoxy) is 1. The Bertz CT molecular complexity index is 255. The molecule has 3 heteroatoms. The third-order valence-corrected chi connectivity index (χ3v) is 3.16. The minimum Gasteiger partial charge on any atom is -0.370 e. The summed E-state index contributed by atoms with van der Waals surface area (Å²) in [6.07, 6.45) is 3.68. The van der Waals surface area contributed by atoms with Gasteiger partial charge in [0.15, 0.2) is 5.78 Å². The summed E-state index contributed by atoms with van der Waals surface area (Å²) in [7, 11) is 0. The molecule has 0 aromatic carbocycles. The molecule has 0 bridgehead atoms. The predicted octanol–water partition coefficient (Wildman–Crippen LogP) is 2.68. The highest BCUT2D eigenvalue weighted by molar-refractivity contribution is 5.79. The second-order valence-electron chi connectivity index (χ2n) is 6.52. The molecule has 17 heavy (non-hydrogen) atoms. The maximum Gasteiger partial charge on any atom is 0.158 e. The quantitative estimate of drug-likeness (QED) is 0.804. The lowest BCUT2D eigenvalue weighted by molar-refractivity contribution is -0.127. The Morgan fingerprint density at radius 3 is 2.24 bits per heavy atom. The summed E-state index contributed by atoms with van der Waals surface area (Å²) in [5.74, 6) is 0.224. The van der Waals surface area contributed by atoms with Gasteiger partial charge < -0.3 is 10.1 Å². The van der Waals surface area contributed by atoms with Crippen LogP contribution in [0, 0.1) is 0 Å². The number of hydrogen-bond donors (Lipinski definition) is 1. The fourth-order valence-corrected chi connectivity index (χ4v) is 2.91. The monoisotopic (exact) mass is 241 g/mol. The molecule has 0 amide bonds. The van der Waals surface area contributed by atoms with Crippen LogP contribution in [0.2, 0.25) is 0 Å². The summed E-state index contributed by atoms with van der Waals surface area (Å²) in [5, 5.41) is 3.61. The zero-order valence-electron chi connectivity index (χ0n) is 11.9. The molecule has 0 spiro atoms. The van der Waals surface area contributed by atoms with Crippen molar-refractivity contribution in [2.75, 3.05) is 6.61 Å². The lowest BCUT2D eigenvalue weighted by atomic mass is 9.81. The van der Waals surface area contributed by atoms with Gasteiger partial charge in [-0.3, -0.25) is 4.79 Å². The second kappa shape index (κ2) is 5.49. The number of piperidine rings is 1. The minimum absolute atomic E-state index is 0.0836. The van der Waals surface area contributed by atoms with Gasteiger partial charge in [0, 0.05) is 17.5 Å². The van der Waals surface area contributed by atoms with E-state index in [-0.39, 0.29) is 29.6 Å². The normalized spacial score (nSPS) is 23.6. The van der Waals surface area contributed by atoms with Crippen LogP contribution in [-0.4, -0.2) is 29.6 Å². The highest BCUT2D eigenvalue weighted by Crippen LogP contribution is 2.30. The van der Waals surface area contributed by atoms with E-state index in [1.165, 1.54) is 0 Å². The van der Waals surface area contributed by atoms with Crippen LogP contribution in [0.4, 0.5) is 0 Å². The first-order chi connectivity index (χ1) is 7.74. The fourth-order valence-electron chi connectivity index (χ4n) is 2.91. The molecule has 1 fully saturated rings. The molecular formula is C14H27NO2. The number of ketones is 1. The second-order valence-corrected chi connectivity index (χ2v) is 6.52. The van der Waals surface area contributed by atoms with E-state index in [9.17, 15) is 4.79 Å². The van der Waals surface area contributed by atoms with E-state index in [2.05, 4.69) is 33.0 Å². The van der Waals surface area contributed by atoms with Crippen molar-refractivity contribution in [3.05, 3.63) is 0 Å². The van der Waals surface area contributed by atoms with E-state index >= 15 is 0 Å². The summed E-state index contributed by atoms with van der Waals surface area (Å²) in [5.41, 5.74) is 0.167. The molecular weight excluding hydrogens is 214 g/mol. The Kier molecular flexibility index (Phi) is 4.73. The molecule has 0 saturated carbocycles. The topological polar surface area (TPSA) is 38.3 Å². The molecule has 1 rings (SSSR count). The molecule has 1 heterocycles. The zero-order chi connectivity index (χ0) is 13.1. The molecule has 1 aliphatic heterocycles. The van der Waals surface area contributed by atoms with Gasteiger partial charge in [-0.1, -0.05) is 6.92 Å². The van der Waals surface area contributed by atoms with E-state index in [0.717, 1.165) is 19.3 Å². The van der Waals surface area contributed by atoms with Crippen molar-refractivity contribution in [1.29, 1.82) is 0 Å². The van der Waals surface area contributed by atoms with Crippen LogP contribution in [0.3, 0.4) is 0 Å². The third kappa shape index (κ3) is 5.17. The van der Waals surface area contributed by atoms with Gasteiger partial charge in [-0.15, -0.1) is 0 Å². The van der Waals surface area contributed by atoms with Crippen LogP contribution < -0.4 is 5.32 Å². The van der Waals surface area contributed by atoms with Crippen molar-refractivity contribution < 1.29 is 9.53 Å². The summed E-state index contributed by atoms with van der Waals surface area (Å²) in [6.45, 7) is 11.1. The van der Waals surface area contributed by atoms with Crippen molar-refractivity contribution >= 4 is 5.78 Å². The van der Waals surface area contributed by atoms with E-state index < -0.39 is 0 Å². The third-order valence-electron chi connectivity index (χ3n) is 3.16. The first kappa shape index (κ1) is 14.7. The Morgan fingerprint density at radius 1 is 1.24 bits per heavy atom. The number of rotatable bonds is 5. The maximum atomic E-state index is 11.5. The van der Waals surface area contributed by atoms with Crippen molar-refractivity contribution in [2.45, 2.75) is 77.5 Å². The highest BCUT2D eigenvalue weighted by atomic mass is 16.5. The molecule has 100 valence electrons. The molecule has 0 atom stereocenters. The smallest absolute Gasteiger partial charge is 0.158 e. The van der Waals surface area contributed by atoms with Crippen molar-refractivity contribution in [3.63, 3.8) is 0 Å². The van der Waals surface area contributed by atoms with Crippen molar-refractivity contribution in [1.82, 2.24) is 5.32 Å². The first-order valence-electron chi connectivity index (χ1n) is 6.67. The summed E-state index contributed by atoms with van der Waals surface area (Å²) in [6, 6.07) is 0. The average molecular weight is 241 g/mol. The van der Waals surface area contributed by atoms with Gasteiger partial charge in [-0.2, -0.15) is 0 Å². The number of nitrogens with one attached hydrogen (secondary N) is 1. The average Bonchev–Trinajstić information content (AvgIpc) is 2.10. The Balaban J connectivity index is 2.46. The van der Waals surface area contributed by atoms with Crippen molar-refractivity contribution in [2.24, 2.45) is 0 Å². The Labute approximate surface area is 105 Å². The number of hydrogen-bond acceptors (Lipinski definition) is 3. The van der Waals surface area contributed by atoms with Gasteiger partial charge in [0.25, 0.3) is 0 Å². The van der Waals surface area contributed by atoms with Gasteiger partial charge >= 0.3 is 0 Å². The number of carbonyl (C=O) groups is 1. The van der Waals surface area contributed by atoms with Gasteiger partial charge in [0.1, 0.15) is 6.61 Å². The fraction of sp³-hybridized carbons (Fsp3) is 0.929. The summed E-state index contributed by atoms with van der Waals surface area (Å²) >= 11 is 0. The van der Waals surface area contributed by atoms with Crippen LogP contribution in [-0.2, 0) is 9.53 Å². The van der Waals surface area contributed by atoms with E-state index in [1.54, 1.807) is 0 Å². The van der Waals surface area contributed by atoms with E-state index in [4.69, 9.17) is 4.74 Å². The van der Waals surface area contributed by atoms with Crippen molar-refractivity contribution in [3.8, 4) is 0 Å². The van der Waals surface area contributed by atoms with Crippen LogP contribution in [0.15, 0.2) is 0 Å². The standard InChI is InChI=1S/C14H27NO2/c1-6-7-11(16)10-17-12-8-13(2,3)15-14(4,5)9-12/h12,15H,6-10H2,1-5H3.